The van der Waals surface area contributed by atoms with Crippen molar-refractivity contribution in [3.8, 4) is 0 Å². The summed E-state index contributed by atoms with van der Waals surface area (Å²) in [5.41, 5.74) is 0.941. The first-order valence-electron chi connectivity index (χ1n) is 6.52. The van der Waals surface area contributed by atoms with Gasteiger partial charge in [-0.05, 0) is 18.8 Å². The van der Waals surface area contributed by atoms with Crippen LogP contribution in [-0.2, 0) is 11.2 Å². The second-order valence-corrected chi connectivity index (χ2v) is 5.32. The normalized spacial score (nSPS) is 20.4. The van der Waals surface area contributed by atoms with Crippen LogP contribution in [0.3, 0.4) is 0 Å². The van der Waals surface area contributed by atoms with Gasteiger partial charge in [-0.2, -0.15) is 4.98 Å². The first-order valence-corrected chi connectivity index (χ1v) is 6.52. The highest BCUT2D eigenvalue weighted by Gasteiger charge is 2.27. The fourth-order valence-electron chi connectivity index (χ4n) is 2.56. The number of hydrogen-bond acceptors (Lipinski definition) is 4. The van der Waals surface area contributed by atoms with Gasteiger partial charge in [0, 0.05) is 31.9 Å². The van der Waals surface area contributed by atoms with Gasteiger partial charge in [0.05, 0.1) is 6.42 Å². The van der Waals surface area contributed by atoms with Crippen LogP contribution in [0, 0.1) is 5.92 Å². The topological polar surface area (TPSA) is 49.3 Å². The van der Waals surface area contributed by atoms with E-state index in [1.807, 2.05) is 0 Å². The standard InChI is InChI=1S/C13H18N4O/c1-9-3-5-17(6-4-9)13-14-8-10-7-11(18)16(2)12(10)15-13/h8-9H,3-7H2,1-2H3. The molecule has 1 aromatic rings. The van der Waals surface area contributed by atoms with E-state index in [0.29, 0.717) is 6.42 Å². The highest BCUT2D eigenvalue weighted by molar-refractivity contribution is 5.99. The van der Waals surface area contributed by atoms with Crippen LogP contribution in [0.15, 0.2) is 6.20 Å². The van der Waals surface area contributed by atoms with Crippen molar-refractivity contribution in [2.24, 2.45) is 5.92 Å². The summed E-state index contributed by atoms with van der Waals surface area (Å²) in [6.45, 7) is 4.31. The molecule has 18 heavy (non-hydrogen) atoms. The zero-order chi connectivity index (χ0) is 12.7. The summed E-state index contributed by atoms with van der Waals surface area (Å²) in [7, 11) is 1.78. The molecule has 5 heteroatoms. The summed E-state index contributed by atoms with van der Waals surface area (Å²) >= 11 is 0. The smallest absolute Gasteiger partial charge is 0.232 e. The van der Waals surface area contributed by atoms with Gasteiger partial charge in [0.2, 0.25) is 11.9 Å². The molecule has 2 aliphatic rings. The van der Waals surface area contributed by atoms with E-state index < -0.39 is 0 Å². The molecule has 0 atom stereocenters. The third kappa shape index (κ3) is 1.83. The minimum absolute atomic E-state index is 0.101. The van der Waals surface area contributed by atoms with Crippen LogP contribution in [0.5, 0.6) is 0 Å². The van der Waals surface area contributed by atoms with Gasteiger partial charge in [-0.1, -0.05) is 6.92 Å². The quantitative estimate of drug-likeness (QED) is 0.748. The van der Waals surface area contributed by atoms with Crippen LogP contribution >= 0.6 is 0 Å². The first-order chi connectivity index (χ1) is 8.65. The lowest BCUT2D eigenvalue weighted by Gasteiger charge is -2.30. The number of anilines is 2. The Labute approximate surface area is 107 Å². The number of fused-ring (bicyclic) bond motifs is 1. The molecule has 0 saturated carbocycles. The molecule has 1 amide bonds. The molecule has 5 nitrogen and oxygen atoms in total. The fraction of sp³-hybridized carbons (Fsp3) is 0.615. The maximum absolute atomic E-state index is 11.6. The van der Waals surface area contributed by atoms with E-state index >= 15 is 0 Å². The molecule has 1 fully saturated rings. The molecule has 0 radical (unpaired) electrons. The van der Waals surface area contributed by atoms with Crippen molar-refractivity contribution in [3.05, 3.63) is 11.8 Å². The minimum Gasteiger partial charge on any atom is -0.341 e. The van der Waals surface area contributed by atoms with E-state index in [9.17, 15) is 4.79 Å². The van der Waals surface area contributed by atoms with Crippen LogP contribution in [0.4, 0.5) is 11.8 Å². The Morgan fingerprint density at radius 1 is 1.33 bits per heavy atom. The molecule has 0 bridgehead atoms. The summed E-state index contributed by atoms with van der Waals surface area (Å²) in [5, 5.41) is 0. The second kappa shape index (κ2) is 4.23. The number of likely N-dealkylation sites (N-methyl/N-ethyl adjacent to an activating group) is 1. The monoisotopic (exact) mass is 246 g/mol. The molecule has 1 saturated heterocycles. The largest absolute Gasteiger partial charge is 0.341 e. The van der Waals surface area contributed by atoms with E-state index in [4.69, 9.17) is 0 Å². The van der Waals surface area contributed by atoms with Crippen LogP contribution in [-0.4, -0.2) is 36.0 Å². The Bertz CT molecular complexity index is 480. The molecule has 1 aromatic heterocycles. The SMILES string of the molecule is CC1CCN(c2ncc3c(n2)N(C)C(=O)C3)CC1. The molecule has 0 N–H and O–H groups in total. The van der Waals surface area contributed by atoms with Gasteiger partial charge in [0.25, 0.3) is 0 Å². The van der Waals surface area contributed by atoms with E-state index in [1.54, 1.807) is 18.1 Å². The van der Waals surface area contributed by atoms with Gasteiger partial charge in [-0.25, -0.2) is 4.98 Å². The summed E-state index contributed by atoms with van der Waals surface area (Å²) in [6, 6.07) is 0. The van der Waals surface area contributed by atoms with E-state index in [-0.39, 0.29) is 5.91 Å². The Kier molecular flexibility index (Phi) is 2.69. The van der Waals surface area contributed by atoms with Gasteiger partial charge < -0.3 is 4.90 Å². The van der Waals surface area contributed by atoms with Gasteiger partial charge in [0.1, 0.15) is 5.82 Å². The number of nitrogens with zero attached hydrogens (tertiary/aromatic N) is 4. The Morgan fingerprint density at radius 2 is 2.06 bits per heavy atom. The molecule has 0 spiro atoms. The number of aromatic nitrogens is 2. The van der Waals surface area contributed by atoms with Crippen molar-refractivity contribution < 1.29 is 4.79 Å². The van der Waals surface area contributed by atoms with Crippen molar-refractivity contribution >= 4 is 17.7 Å². The van der Waals surface area contributed by atoms with Crippen molar-refractivity contribution in [2.75, 3.05) is 29.9 Å². The van der Waals surface area contributed by atoms with Crippen LogP contribution in [0.2, 0.25) is 0 Å². The lowest BCUT2D eigenvalue weighted by atomic mass is 10.00. The maximum Gasteiger partial charge on any atom is 0.232 e. The number of piperidine rings is 1. The van der Waals surface area contributed by atoms with Crippen LogP contribution < -0.4 is 9.80 Å². The summed E-state index contributed by atoms with van der Waals surface area (Å²) in [4.78, 5) is 24.4. The van der Waals surface area contributed by atoms with Crippen LogP contribution in [0.1, 0.15) is 25.3 Å². The van der Waals surface area contributed by atoms with Crippen molar-refractivity contribution in [1.29, 1.82) is 0 Å². The van der Waals surface area contributed by atoms with Gasteiger partial charge in [-0.15, -0.1) is 0 Å². The third-order valence-corrected chi connectivity index (χ3v) is 3.93. The van der Waals surface area contributed by atoms with E-state index in [1.165, 1.54) is 12.8 Å². The second-order valence-electron chi connectivity index (χ2n) is 5.32. The fourth-order valence-corrected chi connectivity index (χ4v) is 2.56. The number of carbonyl (C=O) groups is 1. The number of amides is 1. The average molecular weight is 246 g/mol. The third-order valence-electron chi connectivity index (χ3n) is 3.93. The Hall–Kier alpha value is -1.65. The Morgan fingerprint density at radius 3 is 2.78 bits per heavy atom. The molecular formula is C13H18N4O. The average Bonchev–Trinajstić information content (AvgIpc) is 2.66. The van der Waals surface area contributed by atoms with Gasteiger partial charge >= 0.3 is 0 Å². The summed E-state index contributed by atoms with van der Waals surface area (Å²) in [6.07, 6.45) is 4.62. The Balaban J connectivity index is 1.85. The highest BCUT2D eigenvalue weighted by Crippen LogP contribution is 2.27. The van der Waals surface area contributed by atoms with Gasteiger partial charge in [0.15, 0.2) is 0 Å². The predicted octanol–water partition coefficient (Wildman–Crippen LogP) is 1.23. The molecule has 0 aromatic carbocycles. The molecule has 2 aliphatic heterocycles. The van der Waals surface area contributed by atoms with Gasteiger partial charge in [-0.3, -0.25) is 9.69 Å². The zero-order valence-corrected chi connectivity index (χ0v) is 10.9. The molecule has 3 rings (SSSR count). The number of rotatable bonds is 1. The summed E-state index contributed by atoms with van der Waals surface area (Å²) < 4.78 is 0. The van der Waals surface area contributed by atoms with Crippen molar-refractivity contribution in [1.82, 2.24) is 9.97 Å². The van der Waals surface area contributed by atoms with Crippen molar-refractivity contribution in [2.45, 2.75) is 26.2 Å². The first kappa shape index (κ1) is 11.4. The van der Waals surface area contributed by atoms with E-state index in [2.05, 4.69) is 21.8 Å². The number of hydrogen-bond donors (Lipinski definition) is 0. The van der Waals surface area contributed by atoms with E-state index in [0.717, 1.165) is 36.3 Å². The molecule has 0 aliphatic carbocycles. The molecule has 3 heterocycles. The highest BCUT2D eigenvalue weighted by atomic mass is 16.2. The molecule has 96 valence electrons. The lowest BCUT2D eigenvalue weighted by molar-refractivity contribution is -0.117. The molecular weight excluding hydrogens is 228 g/mol. The molecule has 0 unspecified atom stereocenters. The lowest BCUT2D eigenvalue weighted by Crippen LogP contribution is -2.34. The maximum atomic E-state index is 11.6. The predicted molar refractivity (Wildman–Crippen MR) is 69.8 cm³/mol. The zero-order valence-electron chi connectivity index (χ0n) is 10.9. The van der Waals surface area contributed by atoms with Crippen LogP contribution in [0.25, 0.3) is 0 Å². The number of carbonyl (C=O) groups excluding carboxylic acids is 1. The van der Waals surface area contributed by atoms with Crippen molar-refractivity contribution in [3.63, 3.8) is 0 Å². The minimum atomic E-state index is 0.101. The summed E-state index contributed by atoms with van der Waals surface area (Å²) in [5.74, 6) is 2.44.